The Labute approximate surface area is 55.5 Å². The van der Waals surface area contributed by atoms with Crippen LogP contribution in [0.5, 0.6) is 0 Å². The molecule has 0 aromatic rings. The van der Waals surface area contributed by atoms with Crippen molar-refractivity contribution in [3.8, 4) is 0 Å². The molecule has 0 unspecified atom stereocenters. The standard InChI is InChI=1S/C2H2F2O2.Hg/c3-1(4)2(5)6;/h1H,(H,5,6);/q;+1/p-1. The molecule has 0 rings (SSSR count). The summed E-state index contributed by atoms with van der Waals surface area (Å²) in [7, 11) is 0. The Balaban J connectivity index is 3.35. The zero-order chi connectivity index (χ0) is 5.86. The van der Waals surface area contributed by atoms with Crippen LogP contribution in [-0.4, -0.2) is 12.4 Å². The third kappa shape index (κ3) is 2.90. The van der Waals surface area contributed by atoms with Gasteiger partial charge < -0.3 is 0 Å². The third-order valence-corrected chi connectivity index (χ3v) is 1.43. The number of hydrogen-bond donors (Lipinski definition) is 0. The van der Waals surface area contributed by atoms with E-state index in [0.29, 0.717) is 0 Å². The number of alkyl halides is 2. The summed E-state index contributed by atoms with van der Waals surface area (Å²) in [4.78, 5) is 9.59. The van der Waals surface area contributed by atoms with Crippen LogP contribution in [0.25, 0.3) is 0 Å². The first-order valence-electron chi connectivity index (χ1n) is 1.42. The average molecular weight is 296 g/mol. The summed E-state index contributed by atoms with van der Waals surface area (Å²) in [6, 6.07) is 0. The maximum absolute atomic E-state index is 11.0. The van der Waals surface area contributed by atoms with Gasteiger partial charge in [0.1, 0.15) is 0 Å². The summed E-state index contributed by atoms with van der Waals surface area (Å²) in [5.74, 6) is -1.40. The molecule has 0 amide bonds. The van der Waals surface area contributed by atoms with Crippen molar-refractivity contribution in [3.63, 3.8) is 0 Å². The van der Waals surface area contributed by atoms with Gasteiger partial charge in [-0.1, -0.05) is 0 Å². The van der Waals surface area contributed by atoms with Crippen LogP contribution in [0.1, 0.15) is 0 Å². The minimum atomic E-state index is -2.95. The van der Waals surface area contributed by atoms with Crippen LogP contribution >= 0.6 is 0 Å². The van der Waals surface area contributed by atoms with Gasteiger partial charge in [-0.3, -0.25) is 0 Å². The van der Waals surface area contributed by atoms with Gasteiger partial charge in [0, 0.05) is 0 Å². The van der Waals surface area contributed by atoms with E-state index < -0.39 is 12.4 Å². The van der Waals surface area contributed by atoms with E-state index in [0.717, 1.165) is 0 Å². The quantitative estimate of drug-likeness (QED) is 0.649. The second-order valence-electron chi connectivity index (χ2n) is 0.764. The summed E-state index contributed by atoms with van der Waals surface area (Å²) >= 11 is -0.307. The first-order chi connectivity index (χ1) is 3.18. The number of hydrogen-bond acceptors (Lipinski definition) is 2. The third-order valence-electron chi connectivity index (χ3n) is 0.320. The predicted molar refractivity (Wildman–Crippen MR) is 12.1 cm³/mol. The fourth-order valence-electron chi connectivity index (χ4n) is 0.0630. The fourth-order valence-corrected chi connectivity index (χ4v) is 0.553. The normalized spacial score (nSPS) is 9.29. The molecule has 0 fully saturated rings. The Bertz CT molecular complexity index is 74.1. The van der Waals surface area contributed by atoms with Gasteiger partial charge in [-0.25, -0.2) is 0 Å². The van der Waals surface area contributed by atoms with E-state index >= 15 is 0 Å². The molecule has 2 nitrogen and oxygen atoms in total. The molecule has 0 saturated carbocycles. The van der Waals surface area contributed by atoms with E-state index in [1.54, 1.807) is 0 Å². The first kappa shape index (κ1) is 7.27. The Morgan fingerprint density at radius 2 is 2.14 bits per heavy atom. The van der Waals surface area contributed by atoms with Crippen molar-refractivity contribution in [2.75, 3.05) is 0 Å². The SMILES string of the molecule is O=C([O][Hg])C(F)F. The molecule has 0 aromatic heterocycles. The van der Waals surface area contributed by atoms with Crippen molar-refractivity contribution < 1.29 is 42.8 Å². The molecule has 0 heterocycles. The molecule has 0 aliphatic rings. The van der Waals surface area contributed by atoms with Gasteiger partial charge in [-0.15, -0.1) is 0 Å². The molecule has 0 bridgehead atoms. The molecule has 37 valence electrons. The molecule has 0 spiro atoms. The van der Waals surface area contributed by atoms with Gasteiger partial charge in [0.2, 0.25) is 0 Å². The molecule has 5 heteroatoms. The topological polar surface area (TPSA) is 26.3 Å². The Morgan fingerprint density at radius 1 is 1.71 bits per heavy atom. The van der Waals surface area contributed by atoms with E-state index in [-0.39, 0.29) is 26.6 Å². The van der Waals surface area contributed by atoms with Crippen LogP contribution in [0.15, 0.2) is 0 Å². The Hall–Kier alpha value is 0.265. The van der Waals surface area contributed by atoms with Gasteiger partial charge >= 0.3 is 55.2 Å². The van der Waals surface area contributed by atoms with E-state index in [9.17, 15) is 13.6 Å². The molecule has 0 saturated heterocycles. The van der Waals surface area contributed by atoms with E-state index in [1.165, 1.54) is 0 Å². The summed E-state index contributed by atoms with van der Waals surface area (Å²) in [5.41, 5.74) is 0. The predicted octanol–water partition coefficient (Wildman–Crippen LogP) is 0.256. The number of rotatable bonds is 1. The van der Waals surface area contributed by atoms with Gasteiger partial charge in [-0.2, -0.15) is 0 Å². The Morgan fingerprint density at radius 3 is 2.14 bits per heavy atom. The zero-order valence-corrected chi connectivity index (χ0v) is 8.85. The van der Waals surface area contributed by atoms with Gasteiger partial charge in [0.25, 0.3) is 0 Å². The van der Waals surface area contributed by atoms with Crippen LogP contribution < -0.4 is 0 Å². The van der Waals surface area contributed by atoms with Crippen molar-refractivity contribution in [1.82, 2.24) is 0 Å². The fraction of sp³-hybridized carbons (Fsp3) is 0.500. The summed E-state index contributed by atoms with van der Waals surface area (Å²) in [6.45, 7) is 0. The molecule has 0 radical (unpaired) electrons. The molecule has 0 N–H and O–H groups in total. The minimum absolute atomic E-state index is 0.307. The molecular weight excluding hydrogens is 295 g/mol. The van der Waals surface area contributed by atoms with Crippen LogP contribution in [0.2, 0.25) is 0 Å². The molecule has 7 heavy (non-hydrogen) atoms. The molecule has 0 aromatic carbocycles. The number of halogens is 2. The van der Waals surface area contributed by atoms with Crippen LogP contribution in [-0.2, 0) is 34.0 Å². The summed E-state index contributed by atoms with van der Waals surface area (Å²) in [5, 5.41) is 0. The van der Waals surface area contributed by atoms with Crippen LogP contribution in [0.3, 0.4) is 0 Å². The van der Waals surface area contributed by atoms with Crippen molar-refractivity contribution in [1.29, 1.82) is 0 Å². The van der Waals surface area contributed by atoms with E-state index in [1.807, 2.05) is 0 Å². The summed E-state index contributed by atoms with van der Waals surface area (Å²) in [6.07, 6.45) is -2.95. The van der Waals surface area contributed by atoms with E-state index in [4.69, 9.17) is 0 Å². The second kappa shape index (κ2) is 3.29. The Kier molecular flexibility index (Phi) is 3.42. The van der Waals surface area contributed by atoms with E-state index in [2.05, 4.69) is 2.64 Å². The second-order valence-corrected chi connectivity index (χ2v) is 1.89. The molecular formula is C2HF2HgO2. The monoisotopic (exact) mass is 297 g/mol. The van der Waals surface area contributed by atoms with Crippen molar-refractivity contribution in [3.05, 3.63) is 0 Å². The van der Waals surface area contributed by atoms with Crippen LogP contribution in [0.4, 0.5) is 8.78 Å². The van der Waals surface area contributed by atoms with Gasteiger partial charge in [0.05, 0.1) is 0 Å². The van der Waals surface area contributed by atoms with Gasteiger partial charge in [-0.05, 0) is 0 Å². The average Bonchev–Trinajstić information content (AvgIpc) is 1.65. The van der Waals surface area contributed by atoms with Crippen molar-refractivity contribution >= 4 is 5.97 Å². The molecule has 0 atom stereocenters. The van der Waals surface area contributed by atoms with Crippen molar-refractivity contribution in [2.24, 2.45) is 0 Å². The number of carbonyl (C=O) groups excluding carboxylic acids is 1. The van der Waals surface area contributed by atoms with Gasteiger partial charge in [0.15, 0.2) is 0 Å². The zero-order valence-electron chi connectivity index (χ0n) is 3.36. The van der Waals surface area contributed by atoms with Crippen molar-refractivity contribution in [2.45, 2.75) is 6.43 Å². The maximum atomic E-state index is 11.0. The molecule has 0 aliphatic heterocycles. The van der Waals surface area contributed by atoms with Crippen LogP contribution in [0, 0.1) is 0 Å². The molecule has 0 aliphatic carbocycles. The summed E-state index contributed by atoms with van der Waals surface area (Å²) < 4.78 is 25.8. The first-order valence-corrected chi connectivity index (χ1v) is 3.67. The number of carbonyl (C=O) groups is 1.